The molecule has 1 rings (SSSR count). The maximum absolute atomic E-state index is 11.6. The monoisotopic (exact) mass is 244 g/mol. The van der Waals surface area contributed by atoms with Crippen molar-refractivity contribution >= 4 is 5.91 Å². The standard InChI is InChI=1S/C15H20N2O/c1-4-11(2)14(8-9-16)12-6-5-7-13(10-12)15(18)17-3/h5-7,10-11,14H,4,8H2,1-3H3,(H,17,18). The van der Waals surface area contributed by atoms with Gasteiger partial charge in [-0.15, -0.1) is 0 Å². The molecule has 3 nitrogen and oxygen atoms in total. The Kier molecular flexibility index (Phi) is 5.38. The van der Waals surface area contributed by atoms with Crippen LogP contribution in [0, 0.1) is 17.2 Å². The summed E-state index contributed by atoms with van der Waals surface area (Å²) in [7, 11) is 1.62. The zero-order valence-electron chi connectivity index (χ0n) is 11.2. The van der Waals surface area contributed by atoms with Gasteiger partial charge in [-0.05, 0) is 29.5 Å². The topological polar surface area (TPSA) is 52.9 Å². The first-order valence-electron chi connectivity index (χ1n) is 6.33. The number of carbonyl (C=O) groups is 1. The van der Waals surface area contributed by atoms with Gasteiger partial charge in [-0.25, -0.2) is 0 Å². The molecule has 0 aromatic heterocycles. The van der Waals surface area contributed by atoms with E-state index in [1.807, 2.05) is 18.2 Å². The van der Waals surface area contributed by atoms with Gasteiger partial charge in [0.05, 0.1) is 6.07 Å². The van der Waals surface area contributed by atoms with Crippen molar-refractivity contribution in [3.8, 4) is 6.07 Å². The second-order valence-corrected chi connectivity index (χ2v) is 4.56. The Labute approximate surface area is 109 Å². The zero-order valence-corrected chi connectivity index (χ0v) is 11.2. The van der Waals surface area contributed by atoms with Crippen molar-refractivity contribution in [2.45, 2.75) is 32.6 Å². The molecule has 0 aliphatic heterocycles. The van der Waals surface area contributed by atoms with E-state index in [0.29, 0.717) is 17.9 Å². The van der Waals surface area contributed by atoms with E-state index in [1.165, 1.54) is 0 Å². The summed E-state index contributed by atoms with van der Waals surface area (Å²) < 4.78 is 0. The largest absolute Gasteiger partial charge is 0.355 e. The minimum atomic E-state index is -0.0864. The number of amides is 1. The summed E-state index contributed by atoms with van der Waals surface area (Å²) in [5, 5.41) is 11.6. The highest BCUT2D eigenvalue weighted by Gasteiger charge is 2.18. The lowest BCUT2D eigenvalue weighted by Gasteiger charge is -2.21. The van der Waals surface area contributed by atoms with Crippen LogP contribution in [0.2, 0.25) is 0 Å². The molecule has 1 aromatic carbocycles. The second kappa shape index (κ2) is 6.80. The lowest BCUT2D eigenvalue weighted by atomic mass is 9.83. The average molecular weight is 244 g/mol. The summed E-state index contributed by atoms with van der Waals surface area (Å²) in [6.07, 6.45) is 1.52. The van der Waals surface area contributed by atoms with Gasteiger partial charge in [-0.3, -0.25) is 4.79 Å². The van der Waals surface area contributed by atoms with Crippen molar-refractivity contribution in [2.24, 2.45) is 5.92 Å². The van der Waals surface area contributed by atoms with Crippen LogP contribution in [-0.4, -0.2) is 13.0 Å². The van der Waals surface area contributed by atoms with Crippen LogP contribution in [0.4, 0.5) is 0 Å². The molecule has 3 heteroatoms. The van der Waals surface area contributed by atoms with Gasteiger partial charge < -0.3 is 5.32 Å². The van der Waals surface area contributed by atoms with Gasteiger partial charge in [0.25, 0.3) is 5.91 Å². The number of benzene rings is 1. The van der Waals surface area contributed by atoms with Crippen molar-refractivity contribution in [1.82, 2.24) is 5.32 Å². The van der Waals surface area contributed by atoms with Crippen LogP contribution in [0.1, 0.15) is 48.5 Å². The fourth-order valence-electron chi connectivity index (χ4n) is 2.09. The molecule has 18 heavy (non-hydrogen) atoms. The van der Waals surface area contributed by atoms with Gasteiger partial charge in [0.15, 0.2) is 0 Å². The number of hydrogen-bond acceptors (Lipinski definition) is 2. The number of carbonyl (C=O) groups excluding carboxylic acids is 1. The van der Waals surface area contributed by atoms with Crippen LogP contribution in [0.5, 0.6) is 0 Å². The molecular formula is C15H20N2O. The number of nitrogens with zero attached hydrogens (tertiary/aromatic N) is 1. The third kappa shape index (κ3) is 3.33. The van der Waals surface area contributed by atoms with Crippen LogP contribution in [0.15, 0.2) is 24.3 Å². The van der Waals surface area contributed by atoms with Gasteiger partial charge >= 0.3 is 0 Å². The molecule has 0 radical (unpaired) electrons. The molecule has 0 saturated carbocycles. The highest BCUT2D eigenvalue weighted by molar-refractivity contribution is 5.94. The van der Waals surface area contributed by atoms with Crippen molar-refractivity contribution in [3.63, 3.8) is 0 Å². The Morgan fingerprint density at radius 1 is 1.50 bits per heavy atom. The Bertz CT molecular complexity index is 448. The molecule has 2 unspecified atom stereocenters. The van der Waals surface area contributed by atoms with Crippen LogP contribution >= 0.6 is 0 Å². The molecule has 0 fully saturated rings. The Balaban J connectivity index is 3.06. The summed E-state index contributed by atoms with van der Waals surface area (Å²) >= 11 is 0. The molecule has 1 amide bonds. The number of nitriles is 1. The number of hydrogen-bond donors (Lipinski definition) is 1. The highest BCUT2D eigenvalue weighted by Crippen LogP contribution is 2.30. The zero-order chi connectivity index (χ0) is 13.5. The summed E-state index contributed by atoms with van der Waals surface area (Å²) in [5.74, 6) is 0.547. The second-order valence-electron chi connectivity index (χ2n) is 4.56. The van der Waals surface area contributed by atoms with Gasteiger partial charge in [0.1, 0.15) is 0 Å². The van der Waals surface area contributed by atoms with Gasteiger partial charge in [0, 0.05) is 19.0 Å². The maximum Gasteiger partial charge on any atom is 0.251 e. The van der Waals surface area contributed by atoms with Crippen LogP contribution < -0.4 is 5.32 Å². The lowest BCUT2D eigenvalue weighted by molar-refractivity contribution is 0.0963. The van der Waals surface area contributed by atoms with Crippen LogP contribution in [0.25, 0.3) is 0 Å². The Morgan fingerprint density at radius 2 is 2.22 bits per heavy atom. The fraction of sp³-hybridized carbons (Fsp3) is 0.467. The molecule has 0 bridgehead atoms. The van der Waals surface area contributed by atoms with E-state index >= 15 is 0 Å². The van der Waals surface area contributed by atoms with Gasteiger partial charge in [-0.1, -0.05) is 32.4 Å². The van der Waals surface area contributed by atoms with E-state index in [0.717, 1.165) is 12.0 Å². The van der Waals surface area contributed by atoms with E-state index in [2.05, 4.69) is 25.2 Å². The Morgan fingerprint density at radius 3 is 2.78 bits per heavy atom. The summed E-state index contributed by atoms with van der Waals surface area (Å²) in [6, 6.07) is 9.82. The predicted octanol–water partition coefficient (Wildman–Crippen LogP) is 3.09. The maximum atomic E-state index is 11.6. The van der Waals surface area contributed by atoms with E-state index in [9.17, 15) is 4.79 Å². The fourth-order valence-corrected chi connectivity index (χ4v) is 2.09. The normalized spacial score (nSPS) is 13.4. The Hall–Kier alpha value is -1.82. The quantitative estimate of drug-likeness (QED) is 0.865. The van der Waals surface area contributed by atoms with E-state index < -0.39 is 0 Å². The number of rotatable bonds is 5. The number of nitrogens with one attached hydrogen (secondary N) is 1. The molecule has 0 spiro atoms. The van der Waals surface area contributed by atoms with E-state index in [1.54, 1.807) is 13.1 Å². The third-order valence-corrected chi connectivity index (χ3v) is 3.45. The molecule has 1 aromatic rings. The molecule has 2 atom stereocenters. The first-order chi connectivity index (χ1) is 8.63. The summed E-state index contributed by atoms with van der Waals surface area (Å²) in [6.45, 7) is 4.27. The first-order valence-corrected chi connectivity index (χ1v) is 6.33. The smallest absolute Gasteiger partial charge is 0.251 e. The molecule has 0 aliphatic rings. The van der Waals surface area contributed by atoms with Crippen LogP contribution in [0.3, 0.4) is 0 Å². The summed E-state index contributed by atoms with van der Waals surface area (Å²) in [4.78, 5) is 11.6. The molecule has 0 heterocycles. The summed E-state index contributed by atoms with van der Waals surface area (Å²) in [5.41, 5.74) is 1.73. The van der Waals surface area contributed by atoms with Crippen molar-refractivity contribution in [3.05, 3.63) is 35.4 Å². The molecule has 1 N–H and O–H groups in total. The average Bonchev–Trinajstić information content (AvgIpc) is 2.43. The third-order valence-electron chi connectivity index (χ3n) is 3.45. The van der Waals surface area contributed by atoms with Gasteiger partial charge in [0.2, 0.25) is 0 Å². The molecule has 0 aliphatic carbocycles. The highest BCUT2D eigenvalue weighted by atomic mass is 16.1. The van der Waals surface area contributed by atoms with Crippen molar-refractivity contribution in [2.75, 3.05) is 7.05 Å². The van der Waals surface area contributed by atoms with E-state index in [-0.39, 0.29) is 11.8 Å². The molecular weight excluding hydrogens is 224 g/mol. The van der Waals surface area contributed by atoms with Gasteiger partial charge in [-0.2, -0.15) is 5.26 Å². The molecule has 96 valence electrons. The van der Waals surface area contributed by atoms with Crippen LogP contribution in [-0.2, 0) is 0 Å². The first kappa shape index (κ1) is 14.2. The van der Waals surface area contributed by atoms with Crippen molar-refractivity contribution < 1.29 is 4.79 Å². The van der Waals surface area contributed by atoms with Crippen molar-refractivity contribution in [1.29, 1.82) is 5.26 Å². The molecule has 0 saturated heterocycles. The minimum Gasteiger partial charge on any atom is -0.355 e. The minimum absolute atomic E-state index is 0.0864. The predicted molar refractivity (Wildman–Crippen MR) is 72.3 cm³/mol. The lowest BCUT2D eigenvalue weighted by Crippen LogP contribution is -2.18. The SMILES string of the molecule is CCC(C)C(CC#N)c1cccc(C(=O)NC)c1. The van der Waals surface area contributed by atoms with E-state index in [4.69, 9.17) is 5.26 Å².